The van der Waals surface area contributed by atoms with Crippen LogP contribution in [0.2, 0.25) is 5.02 Å². The number of allylic oxidation sites excluding steroid dienone is 1. The van der Waals surface area contributed by atoms with Gasteiger partial charge >= 0.3 is 0 Å². The third kappa shape index (κ3) is 6.48. The number of carbonyl (C=O) groups excluding carboxylic acids is 2. The number of amides is 2. The number of carbonyl (C=O) groups is 2. The van der Waals surface area contributed by atoms with Crippen molar-refractivity contribution in [1.29, 1.82) is 0 Å². The van der Waals surface area contributed by atoms with Crippen LogP contribution in [0.1, 0.15) is 41.6 Å². The van der Waals surface area contributed by atoms with Crippen molar-refractivity contribution in [3.05, 3.63) is 83.2 Å². The summed E-state index contributed by atoms with van der Waals surface area (Å²) in [7, 11) is 0. The third-order valence-corrected chi connectivity index (χ3v) is 6.32. The van der Waals surface area contributed by atoms with Gasteiger partial charge in [-0.1, -0.05) is 61.5 Å². The molecule has 0 aliphatic rings. The molecule has 1 heterocycles. The van der Waals surface area contributed by atoms with Crippen molar-refractivity contribution >= 4 is 40.9 Å². The Bertz CT molecular complexity index is 1160. The summed E-state index contributed by atoms with van der Waals surface area (Å²) in [6, 6.07) is 14.0. The normalized spacial score (nSPS) is 11.8. The minimum Gasteiger partial charge on any atom is -0.342 e. The highest BCUT2D eigenvalue weighted by molar-refractivity contribution is 7.99. The number of benzene rings is 2. The number of hydrogen-bond donors (Lipinski definition) is 2. The largest absolute Gasteiger partial charge is 0.342 e. The fourth-order valence-electron chi connectivity index (χ4n) is 3.36. The molecule has 2 aromatic carbocycles. The molecule has 1 aromatic heterocycles. The highest BCUT2D eigenvalue weighted by Crippen LogP contribution is 2.26. The Morgan fingerprint density at radius 2 is 1.91 bits per heavy atom. The minimum absolute atomic E-state index is 0.0643. The number of rotatable bonds is 10. The summed E-state index contributed by atoms with van der Waals surface area (Å²) in [6.45, 7) is 10.2. The zero-order valence-corrected chi connectivity index (χ0v) is 21.0. The van der Waals surface area contributed by atoms with E-state index in [-0.39, 0.29) is 29.5 Å². The van der Waals surface area contributed by atoms with Crippen LogP contribution in [0.5, 0.6) is 0 Å². The van der Waals surface area contributed by atoms with Crippen LogP contribution >= 0.6 is 23.4 Å². The summed E-state index contributed by atoms with van der Waals surface area (Å²) >= 11 is 7.27. The van der Waals surface area contributed by atoms with Gasteiger partial charge in [-0.05, 0) is 48.7 Å². The highest BCUT2D eigenvalue weighted by Gasteiger charge is 2.26. The summed E-state index contributed by atoms with van der Waals surface area (Å²) in [6.07, 6.45) is 1.74. The average Bonchev–Trinajstić information content (AvgIpc) is 3.20. The zero-order chi connectivity index (χ0) is 24.7. The number of halogens is 1. The predicted molar refractivity (Wildman–Crippen MR) is 137 cm³/mol. The Labute approximate surface area is 209 Å². The SMILES string of the molecule is C=CCn1c(SCC(=O)Nc2ccc(Cl)cc2C)nnc1[C@H](NC(=O)c1ccccc1)C(C)C. The molecule has 0 bridgehead atoms. The molecule has 178 valence electrons. The molecule has 0 fully saturated rings. The first-order valence-corrected chi connectivity index (χ1v) is 12.2. The van der Waals surface area contributed by atoms with E-state index in [9.17, 15) is 9.59 Å². The van der Waals surface area contributed by atoms with Gasteiger partial charge in [0.15, 0.2) is 11.0 Å². The molecular weight excluding hydrogens is 470 g/mol. The minimum atomic E-state index is -0.361. The van der Waals surface area contributed by atoms with Crippen LogP contribution in [-0.4, -0.2) is 32.3 Å². The average molecular weight is 498 g/mol. The Balaban J connectivity index is 1.74. The molecule has 1 atom stereocenters. The van der Waals surface area contributed by atoms with E-state index in [4.69, 9.17) is 11.6 Å². The lowest BCUT2D eigenvalue weighted by Crippen LogP contribution is -2.33. The van der Waals surface area contributed by atoms with Gasteiger partial charge in [0.2, 0.25) is 5.91 Å². The summed E-state index contributed by atoms with van der Waals surface area (Å²) in [4.78, 5) is 25.3. The van der Waals surface area contributed by atoms with E-state index >= 15 is 0 Å². The third-order valence-electron chi connectivity index (χ3n) is 5.12. The molecule has 0 saturated carbocycles. The smallest absolute Gasteiger partial charge is 0.251 e. The fraction of sp³-hybridized carbons (Fsp3) is 0.280. The molecule has 3 rings (SSSR count). The van der Waals surface area contributed by atoms with E-state index in [0.29, 0.717) is 33.8 Å². The first kappa shape index (κ1) is 25.5. The number of anilines is 1. The molecule has 34 heavy (non-hydrogen) atoms. The first-order valence-electron chi connectivity index (χ1n) is 10.9. The van der Waals surface area contributed by atoms with Gasteiger partial charge in [0, 0.05) is 22.8 Å². The molecule has 2 amide bonds. The molecule has 0 aliphatic carbocycles. The first-order chi connectivity index (χ1) is 16.3. The second-order valence-electron chi connectivity index (χ2n) is 8.10. The van der Waals surface area contributed by atoms with Gasteiger partial charge in [-0.25, -0.2) is 0 Å². The number of thioether (sulfide) groups is 1. The molecule has 0 radical (unpaired) electrons. The van der Waals surface area contributed by atoms with Crippen molar-refractivity contribution < 1.29 is 9.59 Å². The second-order valence-corrected chi connectivity index (χ2v) is 9.48. The standard InChI is InChI=1S/C25H28ClN5O2S/c1-5-13-31-23(22(16(2)3)28-24(33)18-9-7-6-8-10-18)29-30-25(31)34-15-21(32)27-20-12-11-19(26)14-17(20)4/h5-12,14,16,22H,1,13,15H2,2-4H3,(H,27,32)(H,28,33)/t22-/m1/s1. The lowest BCUT2D eigenvalue weighted by Gasteiger charge is -2.22. The highest BCUT2D eigenvalue weighted by atomic mass is 35.5. The lowest BCUT2D eigenvalue weighted by molar-refractivity contribution is -0.113. The number of hydrogen-bond acceptors (Lipinski definition) is 5. The van der Waals surface area contributed by atoms with Gasteiger partial charge < -0.3 is 15.2 Å². The molecule has 7 nitrogen and oxygen atoms in total. The summed E-state index contributed by atoms with van der Waals surface area (Å²) in [5, 5.41) is 15.8. The van der Waals surface area contributed by atoms with E-state index in [1.54, 1.807) is 36.4 Å². The van der Waals surface area contributed by atoms with E-state index < -0.39 is 0 Å². The molecular formula is C25H28ClN5O2S. The van der Waals surface area contributed by atoms with Crippen LogP contribution in [0.25, 0.3) is 0 Å². The topological polar surface area (TPSA) is 88.9 Å². The monoisotopic (exact) mass is 497 g/mol. The van der Waals surface area contributed by atoms with Crippen LogP contribution < -0.4 is 10.6 Å². The van der Waals surface area contributed by atoms with Crippen molar-refractivity contribution in [3.63, 3.8) is 0 Å². The number of nitrogens with zero attached hydrogens (tertiary/aromatic N) is 3. The maximum atomic E-state index is 12.8. The van der Waals surface area contributed by atoms with Crippen LogP contribution in [0.3, 0.4) is 0 Å². The van der Waals surface area contributed by atoms with Crippen LogP contribution in [-0.2, 0) is 11.3 Å². The molecule has 0 saturated heterocycles. The Morgan fingerprint density at radius 3 is 2.56 bits per heavy atom. The second kappa shape index (κ2) is 11.9. The van der Waals surface area contributed by atoms with Gasteiger partial charge in [0.05, 0.1) is 11.8 Å². The molecule has 0 spiro atoms. The quantitative estimate of drug-likeness (QED) is 0.293. The molecule has 9 heteroatoms. The fourth-order valence-corrected chi connectivity index (χ4v) is 4.35. The maximum Gasteiger partial charge on any atom is 0.251 e. The Hall–Kier alpha value is -3.10. The maximum absolute atomic E-state index is 12.8. The van der Waals surface area contributed by atoms with Crippen molar-refractivity contribution in [2.75, 3.05) is 11.1 Å². The van der Waals surface area contributed by atoms with E-state index in [1.165, 1.54) is 11.8 Å². The van der Waals surface area contributed by atoms with Crippen molar-refractivity contribution in [1.82, 2.24) is 20.1 Å². The van der Waals surface area contributed by atoms with Crippen molar-refractivity contribution in [2.24, 2.45) is 5.92 Å². The van der Waals surface area contributed by atoms with Crippen molar-refractivity contribution in [2.45, 2.75) is 38.5 Å². The molecule has 0 unspecified atom stereocenters. The Kier molecular flexibility index (Phi) is 8.90. The van der Waals surface area contributed by atoms with Crippen LogP contribution in [0.4, 0.5) is 5.69 Å². The summed E-state index contributed by atoms with van der Waals surface area (Å²) in [5.74, 6) is 0.493. The molecule has 2 N–H and O–H groups in total. The summed E-state index contributed by atoms with van der Waals surface area (Å²) < 4.78 is 1.88. The zero-order valence-electron chi connectivity index (χ0n) is 19.4. The molecule has 0 aliphatic heterocycles. The van der Waals surface area contributed by atoms with Gasteiger partial charge in [-0.15, -0.1) is 16.8 Å². The van der Waals surface area contributed by atoms with E-state index in [0.717, 1.165) is 5.56 Å². The van der Waals surface area contributed by atoms with Crippen LogP contribution in [0, 0.1) is 12.8 Å². The van der Waals surface area contributed by atoms with Gasteiger partial charge in [-0.3, -0.25) is 9.59 Å². The van der Waals surface area contributed by atoms with Gasteiger partial charge in [0.1, 0.15) is 0 Å². The summed E-state index contributed by atoms with van der Waals surface area (Å²) in [5.41, 5.74) is 2.18. The number of nitrogens with one attached hydrogen (secondary N) is 2. The number of aryl methyl sites for hydroxylation is 1. The molecule has 3 aromatic rings. The Morgan fingerprint density at radius 1 is 1.18 bits per heavy atom. The van der Waals surface area contributed by atoms with Crippen LogP contribution in [0.15, 0.2) is 66.3 Å². The van der Waals surface area contributed by atoms with Gasteiger partial charge in [0.25, 0.3) is 5.91 Å². The lowest BCUT2D eigenvalue weighted by atomic mass is 10.0. The van der Waals surface area contributed by atoms with Crippen molar-refractivity contribution in [3.8, 4) is 0 Å². The van der Waals surface area contributed by atoms with E-state index in [1.807, 2.05) is 43.5 Å². The number of aromatic nitrogens is 3. The van der Waals surface area contributed by atoms with Gasteiger partial charge in [-0.2, -0.15) is 0 Å². The predicted octanol–water partition coefficient (Wildman–Crippen LogP) is 5.28. The van der Waals surface area contributed by atoms with E-state index in [2.05, 4.69) is 27.4 Å².